The lowest BCUT2D eigenvalue weighted by atomic mass is 10.0. The highest BCUT2D eigenvalue weighted by Gasteiger charge is 2.36. The topological polar surface area (TPSA) is 54.5 Å². The number of hydrogen-bond donors (Lipinski definition) is 0. The zero-order valence-electron chi connectivity index (χ0n) is 8.86. The molecule has 1 saturated heterocycles. The maximum absolute atomic E-state index is 11.2. The highest BCUT2D eigenvalue weighted by molar-refractivity contribution is 7.91. The predicted octanol–water partition coefficient (Wildman–Crippen LogP) is 0.430. The molecule has 0 aromatic rings. The van der Waals surface area contributed by atoms with Gasteiger partial charge in [-0.05, 0) is 27.2 Å². The minimum Gasteiger partial charge on any atom is -0.336 e. The summed E-state index contributed by atoms with van der Waals surface area (Å²) in [5, 5.41) is 0. The van der Waals surface area contributed by atoms with E-state index in [-0.39, 0.29) is 23.1 Å². The van der Waals surface area contributed by atoms with E-state index in [2.05, 4.69) is 0 Å². The van der Waals surface area contributed by atoms with E-state index in [0.717, 1.165) is 6.41 Å². The van der Waals surface area contributed by atoms with Crippen molar-refractivity contribution < 1.29 is 13.2 Å². The second-order valence-corrected chi connectivity index (χ2v) is 6.97. The highest BCUT2D eigenvalue weighted by Crippen LogP contribution is 2.23. The first-order valence-corrected chi connectivity index (χ1v) is 6.52. The van der Waals surface area contributed by atoms with Crippen molar-refractivity contribution in [3.8, 4) is 0 Å². The fraction of sp³-hybridized carbons (Fsp3) is 0.889. The number of rotatable bonds is 2. The first-order valence-electron chi connectivity index (χ1n) is 4.70. The Balaban J connectivity index is 2.79. The highest BCUT2D eigenvalue weighted by atomic mass is 32.2. The van der Waals surface area contributed by atoms with Gasteiger partial charge in [0.25, 0.3) is 0 Å². The molecule has 1 aliphatic rings. The standard InChI is InChI=1S/C9H17NO3S/c1-9(2,3)10(7-11)8-4-5-14(12,13)6-8/h7-8H,4-6H2,1-3H3. The van der Waals surface area contributed by atoms with Gasteiger partial charge in [-0.1, -0.05) is 0 Å². The largest absolute Gasteiger partial charge is 0.336 e. The van der Waals surface area contributed by atoms with E-state index in [9.17, 15) is 13.2 Å². The molecule has 0 aliphatic carbocycles. The predicted molar refractivity (Wildman–Crippen MR) is 54.7 cm³/mol. The Morgan fingerprint density at radius 3 is 2.21 bits per heavy atom. The number of hydrogen-bond acceptors (Lipinski definition) is 3. The molecule has 4 nitrogen and oxygen atoms in total. The fourth-order valence-electron chi connectivity index (χ4n) is 1.79. The maximum Gasteiger partial charge on any atom is 0.210 e. The number of nitrogens with zero attached hydrogens (tertiary/aromatic N) is 1. The molecule has 0 saturated carbocycles. The van der Waals surface area contributed by atoms with Gasteiger partial charge in [0.05, 0.1) is 11.5 Å². The Bertz CT molecular complexity index is 315. The summed E-state index contributed by atoms with van der Waals surface area (Å²) in [5.74, 6) is 0.321. The molecule has 0 bridgehead atoms. The summed E-state index contributed by atoms with van der Waals surface area (Å²) in [6.45, 7) is 5.73. The monoisotopic (exact) mass is 219 g/mol. The molecule has 1 aliphatic heterocycles. The van der Waals surface area contributed by atoms with Gasteiger partial charge in [-0.2, -0.15) is 0 Å². The van der Waals surface area contributed by atoms with Crippen molar-refractivity contribution in [2.75, 3.05) is 11.5 Å². The molecule has 1 amide bonds. The molecule has 0 aromatic carbocycles. The number of carbonyl (C=O) groups is 1. The normalized spacial score (nSPS) is 26.1. The van der Waals surface area contributed by atoms with Crippen molar-refractivity contribution in [3.63, 3.8) is 0 Å². The first-order chi connectivity index (χ1) is 6.26. The van der Waals surface area contributed by atoms with Crippen molar-refractivity contribution in [1.82, 2.24) is 4.90 Å². The van der Waals surface area contributed by atoms with Crippen LogP contribution in [0.25, 0.3) is 0 Å². The Hall–Kier alpha value is -0.580. The van der Waals surface area contributed by atoms with Gasteiger partial charge >= 0.3 is 0 Å². The third kappa shape index (κ3) is 2.47. The van der Waals surface area contributed by atoms with Crippen LogP contribution in [0.3, 0.4) is 0 Å². The average molecular weight is 219 g/mol. The maximum atomic E-state index is 11.2. The minimum atomic E-state index is -2.91. The summed E-state index contributed by atoms with van der Waals surface area (Å²) >= 11 is 0. The Morgan fingerprint density at radius 1 is 1.36 bits per heavy atom. The average Bonchev–Trinajstić information content (AvgIpc) is 2.29. The molecule has 5 heteroatoms. The van der Waals surface area contributed by atoms with E-state index in [1.165, 1.54) is 0 Å². The van der Waals surface area contributed by atoms with Crippen molar-refractivity contribution in [1.29, 1.82) is 0 Å². The van der Waals surface area contributed by atoms with E-state index in [4.69, 9.17) is 0 Å². The molecule has 1 heterocycles. The summed E-state index contributed by atoms with van der Waals surface area (Å²) in [7, 11) is -2.91. The van der Waals surface area contributed by atoms with E-state index in [1.54, 1.807) is 4.90 Å². The molecule has 1 unspecified atom stereocenters. The van der Waals surface area contributed by atoms with E-state index >= 15 is 0 Å². The van der Waals surface area contributed by atoms with Gasteiger partial charge in [-0.15, -0.1) is 0 Å². The number of amides is 1. The molecule has 0 N–H and O–H groups in total. The van der Waals surface area contributed by atoms with Crippen LogP contribution < -0.4 is 0 Å². The lowest BCUT2D eigenvalue weighted by molar-refractivity contribution is -0.124. The van der Waals surface area contributed by atoms with E-state index in [1.807, 2.05) is 20.8 Å². The summed E-state index contributed by atoms with van der Waals surface area (Å²) in [6.07, 6.45) is 1.32. The minimum absolute atomic E-state index is 0.114. The molecule has 82 valence electrons. The van der Waals surface area contributed by atoms with Crippen LogP contribution >= 0.6 is 0 Å². The van der Waals surface area contributed by atoms with Crippen LogP contribution in [-0.4, -0.2) is 42.8 Å². The zero-order chi connectivity index (χ0) is 11.0. The van der Waals surface area contributed by atoms with Crippen LogP contribution in [0.15, 0.2) is 0 Å². The van der Waals surface area contributed by atoms with Gasteiger partial charge in [-0.25, -0.2) is 8.42 Å². The molecule has 1 atom stereocenters. The van der Waals surface area contributed by atoms with Crippen molar-refractivity contribution >= 4 is 16.2 Å². The molecule has 1 rings (SSSR count). The van der Waals surface area contributed by atoms with Crippen molar-refractivity contribution in [3.05, 3.63) is 0 Å². The van der Waals surface area contributed by atoms with Gasteiger partial charge in [-0.3, -0.25) is 4.79 Å². The lowest BCUT2D eigenvalue weighted by Gasteiger charge is -2.36. The van der Waals surface area contributed by atoms with E-state index < -0.39 is 9.84 Å². The Morgan fingerprint density at radius 2 is 1.93 bits per heavy atom. The summed E-state index contributed by atoms with van der Waals surface area (Å²) < 4.78 is 22.5. The second kappa shape index (κ2) is 3.53. The smallest absolute Gasteiger partial charge is 0.210 e. The third-order valence-electron chi connectivity index (χ3n) is 2.49. The molecule has 0 radical (unpaired) electrons. The van der Waals surface area contributed by atoms with Crippen LogP contribution in [0.2, 0.25) is 0 Å². The van der Waals surface area contributed by atoms with E-state index in [0.29, 0.717) is 6.42 Å². The van der Waals surface area contributed by atoms with Crippen LogP contribution in [0.5, 0.6) is 0 Å². The summed E-state index contributed by atoms with van der Waals surface area (Å²) in [4.78, 5) is 12.5. The van der Waals surface area contributed by atoms with Crippen molar-refractivity contribution in [2.24, 2.45) is 0 Å². The molecule has 0 aromatic heterocycles. The van der Waals surface area contributed by atoms with Crippen LogP contribution in [-0.2, 0) is 14.6 Å². The van der Waals surface area contributed by atoms with Gasteiger partial charge < -0.3 is 4.90 Å². The molecular formula is C9H17NO3S. The quantitative estimate of drug-likeness (QED) is 0.633. The van der Waals surface area contributed by atoms with Gasteiger partial charge in [0.2, 0.25) is 6.41 Å². The van der Waals surface area contributed by atoms with Gasteiger partial charge in [0.15, 0.2) is 9.84 Å². The lowest BCUT2D eigenvalue weighted by Crippen LogP contribution is -2.47. The Kier molecular flexibility index (Phi) is 2.90. The number of sulfone groups is 1. The van der Waals surface area contributed by atoms with Crippen LogP contribution in [0.4, 0.5) is 0 Å². The summed E-state index contributed by atoms with van der Waals surface area (Å²) in [5.41, 5.74) is -0.299. The van der Waals surface area contributed by atoms with Gasteiger partial charge in [0.1, 0.15) is 0 Å². The van der Waals surface area contributed by atoms with Crippen molar-refractivity contribution in [2.45, 2.75) is 38.8 Å². The third-order valence-corrected chi connectivity index (χ3v) is 4.24. The summed E-state index contributed by atoms with van der Waals surface area (Å²) in [6, 6.07) is -0.141. The molecular weight excluding hydrogens is 202 g/mol. The molecule has 0 spiro atoms. The molecule has 14 heavy (non-hydrogen) atoms. The first kappa shape index (κ1) is 11.5. The fourth-order valence-corrected chi connectivity index (χ4v) is 3.50. The number of carbonyl (C=O) groups excluding carboxylic acids is 1. The second-order valence-electron chi connectivity index (χ2n) is 4.74. The van der Waals surface area contributed by atoms with Gasteiger partial charge in [0, 0.05) is 11.6 Å². The SMILES string of the molecule is CC(C)(C)N(C=O)C1CCS(=O)(=O)C1. The molecule has 1 fully saturated rings. The zero-order valence-corrected chi connectivity index (χ0v) is 9.67. The Labute approximate surface area is 85.2 Å². The van der Waals surface area contributed by atoms with Crippen LogP contribution in [0.1, 0.15) is 27.2 Å². The van der Waals surface area contributed by atoms with Crippen LogP contribution in [0, 0.1) is 0 Å².